The number of phenolic OH excluding ortho intramolecular Hbond substituents is 1. The molecule has 0 saturated heterocycles. The SMILES string of the molecule is CC(OC(=O)CCC(=O)O)C1CCC(C=CN2Cc3ccc(O)c(F)c3C2=O)CC1. The Morgan fingerprint density at radius 3 is 2.63 bits per heavy atom. The highest BCUT2D eigenvalue weighted by Gasteiger charge is 2.31. The molecule has 1 unspecified atom stereocenters. The highest BCUT2D eigenvalue weighted by molar-refractivity contribution is 5.99. The Labute approximate surface area is 174 Å². The van der Waals surface area contributed by atoms with Gasteiger partial charge in [-0.05, 0) is 56.1 Å². The van der Waals surface area contributed by atoms with Gasteiger partial charge in [0.25, 0.3) is 5.91 Å². The molecule has 162 valence electrons. The van der Waals surface area contributed by atoms with Crippen LogP contribution in [-0.2, 0) is 20.9 Å². The second-order valence-electron chi connectivity index (χ2n) is 7.97. The fraction of sp³-hybridized carbons (Fsp3) is 0.500. The van der Waals surface area contributed by atoms with Crippen LogP contribution < -0.4 is 0 Å². The van der Waals surface area contributed by atoms with Crippen molar-refractivity contribution in [2.45, 2.75) is 58.1 Å². The number of aromatic hydroxyl groups is 1. The highest BCUT2D eigenvalue weighted by Crippen LogP contribution is 2.34. The fourth-order valence-corrected chi connectivity index (χ4v) is 4.09. The monoisotopic (exact) mass is 419 g/mol. The van der Waals surface area contributed by atoms with E-state index >= 15 is 0 Å². The van der Waals surface area contributed by atoms with Crippen molar-refractivity contribution in [3.8, 4) is 5.75 Å². The number of carboxylic acid groups (broad SMARTS) is 1. The maximum absolute atomic E-state index is 14.0. The van der Waals surface area contributed by atoms with Gasteiger partial charge in [0.2, 0.25) is 0 Å². The summed E-state index contributed by atoms with van der Waals surface area (Å²) in [6.07, 6.45) is 6.51. The minimum absolute atomic E-state index is 0.0677. The van der Waals surface area contributed by atoms with Crippen molar-refractivity contribution in [2.75, 3.05) is 0 Å². The Morgan fingerprint density at radius 1 is 1.27 bits per heavy atom. The first-order chi connectivity index (χ1) is 14.3. The van der Waals surface area contributed by atoms with E-state index in [0.29, 0.717) is 5.56 Å². The number of halogens is 1. The first-order valence-electron chi connectivity index (χ1n) is 10.2. The van der Waals surface area contributed by atoms with Gasteiger partial charge in [-0.1, -0.05) is 12.1 Å². The quantitative estimate of drug-likeness (QED) is 0.655. The molecular formula is C22H26FNO6. The summed E-state index contributed by atoms with van der Waals surface area (Å²) < 4.78 is 19.4. The zero-order chi connectivity index (χ0) is 21.8. The molecule has 1 aromatic carbocycles. The molecule has 1 amide bonds. The Morgan fingerprint density at radius 2 is 1.97 bits per heavy atom. The number of rotatable bonds is 7. The predicted octanol–water partition coefficient (Wildman–Crippen LogP) is 3.60. The average Bonchev–Trinajstić information content (AvgIpc) is 3.04. The predicted molar refractivity (Wildman–Crippen MR) is 105 cm³/mol. The summed E-state index contributed by atoms with van der Waals surface area (Å²) in [5.41, 5.74) is 0.490. The standard InChI is InChI=1S/C22H26FNO6/c1-13(30-19(28)9-8-18(26)27)15-4-2-14(3-5-15)10-11-24-12-16-6-7-17(25)21(23)20(16)22(24)29/h6-7,10-11,13-15,25H,2-5,8-9,12H2,1H3,(H,26,27). The number of benzene rings is 1. The zero-order valence-electron chi connectivity index (χ0n) is 16.8. The van der Waals surface area contributed by atoms with Crippen molar-refractivity contribution in [3.63, 3.8) is 0 Å². The second-order valence-corrected chi connectivity index (χ2v) is 7.97. The third-order valence-electron chi connectivity index (χ3n) is 5.90. The molecule has 3 rings (SSSR count). The number of hydrogen-bond donors (Lipinski definition) is 2. The molecule has 30 heavy (non-hydrogen) atoms. The van der Waals surface area contributed by atoms with E-state index in [1.807, 2.05) is 13.0 Å². The number of allylic oxidation sites excluding steroid dienone is 1. The van der Waals surface area contributed by atoms with E-state index < -0.39 is 29.4 Å². The van der Waals surface area contributed by atoms with Crippen LogP contribution in [-0.4, -0.2) is 39.1 Å². The maximum atomic E-state index is 14.0. The average molecular weight is 419 g/mol. The summed E-state index contributed by atoms with van der Waals surface area (Å²) in [6, 6.07) is 2.81. The molecule has 0 bridgehead atoms. The van der Waals surface area contributed by atoms with Gasteiger partial charge in [0.1, 0.15) is 6.10 Å². The second kappa shape index (κ2) is 9.28. The zero-order valence-corrected chi connectivity index (χ0v) is 16.8. The van der Waals surface area contributed by atoms with Crippen molar-refractivity contribution in [1.29, 1.82) is 0 Å². The molecular weight excluding hydrogens is 393 g/mol. The van der Waals surface area contributed by atoms with Crippen LogP contribution in [0, 0.1) is 17.7 Å². The van der Waals surface area contributed by atoms with Crippen LogP contribution in [0.3, 0.4) is 0 Å². The topological polar surface area (TPSA) is 104 Å². The van der Waals surface area contributed by atoms with E-state index in [-0.39, 0.29) is 42.9 Å². The van der Waals surface area contributed by atoms with Gasteiger partial charge in [0.05, 0.1) is 24.9 Å². The number of nitrogens with zero attached hydrogens (tertiary/aromatic N) is 1. The molecule has 0 spiro atoms. The van der Waals surface area contributed by atoms with Crippen LogP contribution in [0.4, 0.5) is 4.39 Å². The number of phenols is 1. The van der Waals surface area contributed by atoms with Crippen molar-refractivity contribution in [1.82, 2.24) is 4.90 Å². The van der Waals surface area contributed by atoms with Crippen LogP contribution in [0.2, 0.25) is 0 Å². The van der Waals surface area contributed by atoms with E-state index in [1.54, 1.807) is 12.3 Å². The smallest absolute Gasteiger partial charge is 0.306 e. The van der Waals surface area contributed by atoms with E-state index in [4.69, 9.17) is 9.84 Å². The van der Waals surface area contributed by atoms with E-state index in [2.05, 4.69) is 0 Å². The van der Waals surface area contributed by atoms with Gasteiger partial charge >= 0.3 is 11.9 Å². The van der Waals surface area contributed by atoms with Gasteiger partial charge in [-0.15, -0.1) is 0 Å². The van der Waals surface area contributed by atoms with Gasteiger partial charge < -0.3 is 19.8 Å². The van der Waals surface area contributed by atoms with Crippen molar-refractivity contribution >= 4 is 17.8 Å². The number of carbonyl (C=O) groups excluding carboxylic acids is 2. The van der Waals surface area contributed by atoms with Gasteiger partial charge in [-0.25, -0.2) is 4.39 Å². The minimum atomic E-state index is -1.02. The van der Waals surface area contributed by atoms with Crippen LogP contribution in [0.5, 0.6) is 5.75 Å². The Bertz CT molecular complexity index is 859. The van der Waals surface area contributed by atoms with Crippen LogP contribution >= 0.6 is 0 Å². The number of carboxylic acids is 1. The lowest BCUT2D eigenvalue weighted by Crippen LogP contribution is -2.28. The molecule has 2 aliphatic rings. The third-order valence-corrected chi connectivity index (χ3v) is 5.90. The van der Waals surface area contributed by atoms with E-state index in [1.165, 1.54) is 11.0 Å². The Balaban J connectivity index is 1.47. The van der Waals surface area contributed by atoms with E-state index in [9.17, 15) is 23.9 Å². The fourth-order valence-electron chi connectivity index (χ4n) is 4.09. The van der Waals surface area contributed by atoms with Crippen LogP contribution in [0.25, 0.3) is 0 Å². The molecule has 1 saturated carbocycles. The lowest BCUT2D eigenvalue weighted by atomic mass is 9.79. The number of aliphatic carboxylic acids is 1. The molecule has 1 aromatic rings. The summed E-state index contributed by atoms with van der Waals surface area (Å²) in [4.78, 5) is 36.1. The molecule has 1 atom stereocenters. The number of ether oxygens (including phenoxy) is 1. The van der Waals surface area contributed by atoms with Gasteiger partial charge in [-0.3, -0.25) is 14.4 Å². The van der Waals surface area contributed by atoms with Crippen LogP contribution in [0.15, 0.2) is 24.4 Å². The summed E-state index contributed by atoms with van der Waals surface area (Å²) in [5.74, 6) is -2.87. The largest absolute Gasteiger partial charge is 0.505 e. The van der Waals surface area contributed by atoms with Gasteiger partial charge in [-0.2, -0.15) is 0 Å². The third kappa shape index (κ3) is 4.98. The minimum Gasteiger partial charge on any atom is -0.505 e. The summed E-state index contributed by atoms with van der Waals surface area (Å²) in [6.45, 7) is 2.12. The number of carbonyl (C=O) groups is 3. The Hall–Kier alpha value is -2.90. The van der Waals surface area contributed by atoms with Gasteiger partial charge in [0.15, 0.2) is 11.6 Å². The van der Waals surface area contributed by atoms with Crippen LogP contribution in [0.1, 0.15) is 61.4 Å². The molecule has 8 heteroatoms. The number of hydrogen-bond acceptors (Lipinski definition) is 5. The maximum Gasteiger partial charge on any atom is 0.306 e. The normalized spacial score (nSPS) is 22.2. The first-order valence-corrected chi connectivity index (χ1v) is 10.2. The van der Waals surface area contributed by atoms with Gasteiger partial charge in [0, 0.05) is 6.20 Å². The Kier molecular flexibility index (Phi) is 6.74. The van der Waals surface area contributed by atoms with Crippen molar-refractivity contribution in [2.24, 2.45) is 11.8 Å². The lowest BCUT2D eigenvalue weighted by Gasteiger charge is -2.31. The molecule has 2 N–H and O–H groups in total. The van der Waals surface area contributed by atoms with E-state index in [0.717, 1.165) is 25.7 Å². The molecule has 0 radical (unpaired) electrons. The molecule has 1 aliphatic carbocycles. The number of amides is 1. The summed E-state index contributed by atoms with van der Waals surface area (Å²) in [7, 11) is 0. The number of esters is 1. The van der Waals surface area contributed by atoms with Crippen molar-refractivity contribution < 1.29 is 33.7 Å². The molecule has 1 heterocycles. The molecule has 0 aromatic heterocycles. The highest BCUT2D eigenvalue weighted by atomic mass is 19.1. The first kappa shape index (κ1) is 21.8. The molecule has 1 fully saturated rings. The van der Waals surface area contributed by atoms with Crippen molar-refractivity contribution in [3.05, 3.63) is 41.4 Å². The molecule has 1 aliphatic heterocycles. The lowest BCUT2D eigenvalue weighted by molar-refractivity contribution is -0.154. The number of fused-ring (bicyclic) bond motifs is 1. The summed E-state index contributed by atoms with van der Waals surface area (Å²) >= 11 is 0. The summed E-state index contributed by atoms with van der Waals surface area (Å²) in [5, 5.41) is 18.1. The molecule has 7 nitrogen and oxygen atoms in total.